The Labute approximate surface area is 117 Å². The second kappa shape index (κ2) is 5.51. The zero-order valence-corrected chi connectivity index (χ0v) is 12.7. The zero-order chi connectivity index (χ0) is 14.0. The molecular weight excluding hydrogens is 234 g/mol. The van der Waals surface area contributed by atoms with E-state index in [1.807, 2.05) is 0 Å². The van der Waals surface area contributed by atoms with Crippen molar-refractivity contribution in [1.82, 2.24) is 4.90 Å². The van der Waals surface area contributed by atoms with Gasteiger partial charge in [-0.05, 0) is 51.9 Å². The molecule has 0 unspecified atom stereocenters. The van der Waals surface area contributed by atoms with Crippen LogP contribution in [-0.4, -0.2) is 38.1 Å². The van der Waals surface area contributed by atoms with Gasteiger partial charge in [0.15, 0.2) is 0 Å². The van der Waals surface area contributed by atoms with Crippen molar-refractivity contribution in [3.8, 4) is 0 Å². The minimum atomic E-state index is 0.0790. The monoisotopic (exact) mass is 261 g/mol. The molecule has 2 rings (SSSR count). The van der Waals surface area contributed by atoms with Crippen molar-refractivity contribution in [3.63, 3.8) is 0 Å². The van der Waals surface area contributed by atoms with Gasteiger partial charge in [-0.1, -0.05) is 18.2 Å². The second-order valence-corrected chi connectivity index (χ2v) is 6.18. The van der Waals surface area contributed by atoms with E-state index in [1.165, 1.54) is 30.5 Å². The van der Waals surface area contributed by atoms with Gasteiger partial charge in [0.2, 0.25) is 0 Å². The first kappa shape index (κ1) is 14.4. The molecule has 106 valence electrons. The average Bonchev–Trinajstić information content (AvgIpc) is 2.33. The molecule has 1 aromatic carbocycles. The number of para-hydroxylation sites is 1. The molecule has 3 heteroatoms. The van der Waals surface area contributed by atoms with Crippen molar-refractivity contribution in [2.75, 3.05) is 32.6 Å². The summed E-state index contributed by atoms with van der Waals surface area (Å²) in [7, 11) is 6.58. The van der Waals surface area contributed by atoms with Crippen LogP contribution in [0.15, 0.2) is 24.3 Å². The van der Waals surface area contributed by atoms with Crippen molar-refractivity contribution in [2.45, 2.75) is 37.8 Å². The molecule has 0 bridgehead atoms. The van der Waals surface area contributed by atoms with Crippen molar-refractivity contribution in [3.05, 3.63) is 29.8 Å². The molecule has 19 heavy (non-hydrogen) atoms. The number of hydrogen-bond donors (Lipinski definition) is 1. The number of nitrogens with two attached hydrogens (primary N) is 1. The Morgan fingerprint density at radius 2 is 1.84 bits per heavy atom. The summed E-state index contributed by atoms with van der Waals surface area (Å²) in [5.41, 5.74) is 8.94. The van der Waals surface area contributed by atoms with Gasteiger partial charge in [0.05, 0.1) is 0 Å². The van der Waals surface area contributed by atoms with Crippen molar-refractivity contribution >= 4 is 5.69 Å². The lowest BCUT2D eigenvalue weighted by molar-refractivity contribution is 0.0683. The number of nitrogens with zero attached hydrogens (tertiary/aromatic N) is 2. The van der Waals surface area contributed by atoms with Crippen LogP contribution in [0, 0.1) is 0 Å². The van der Waals surface area contributed by atoms with E-state index in [1.54, 1.807) is 0 Å². The summed E-state index contributed by atoms with van der Waals surface area (Å²) >= 11 is 0. The number of hydrogen-bond acceptors (Lipinski definition) is 3. The Balaban J connectivity index is 2.18. The van der Waals surface area contributed by atoms with Gasteiger partial charge < -0.3 is 15.5 Å². The molecule has 0 spiro atoms. The first-order valence-electron chi connectivity index (χ1n) is 7.19. The highest BCUT2D eigenvalue weighted by atomic mass is 15.2. The lowest BCUT2D eigenvalue weighted by atomic mass is 9.75. The smallest absolute Gasteiger partial charge is 0.0412 e. The lowest BCUT2D eigenvalue weighted by Crippen LogP contribution is -2.56. The fourth-order valence-corrected chi connectivity index (χ4v) is 3.08. The van der Waals surface area contributed by atoms with Gasteiger partial charge in [-0.15, -0.1) is 0 Å². The Hall–Kier alpha value is -1.06. The van der Waals surface area contributed by atoms with Gasteiger partial charge in [0.1, 0.15) is 0 Å². The van der Waals surface area contributed by atoms with Gasteiger partial charge in [-0.25, -0.2) is 0 Å². The molecule has 0 amide bonds. The standard InChI is InChI=1S/C16H27N3/c1-13(17)14-8-5-6-9-15(14)19(4)12-16(18(2)3)10-7-11-16/h5-6,8-9,13H,7,10-12,17H2,1-4H3/t13-/m1/s1. The Bertz CT molecular complexity index is 422. The summed E-state index contributed by atoms with van der Waals surface area (Å²) in [6, 6.07) is 8.57. The van der Waals surface area contributed by atoms with Crippen LogP contribution in [0.25, 0.3) is 0 Å². The quantitative estimate of drug-likeness (QED) is 0.884. The first-order chi connectivity index (χ1) is 8.96. The molecule has 1 fully saturated rings. The molecule has 0 radical (unpaired) electrons. The van der Waals surface area contributed by atoms with Gasteiger partial charge in [-0.3, -0.25) is 0 Å². The van der Waals surface area contributed by atoms with Crippen LogP contribution in [0.2, 0.25) is 0 Å². The molecular formula is C16H27N3. The largest absolute Gasteiger partial charge is 0.372 e. The van der Waals surface area contributed by atoms with Gasteiger partial charge in [0.25, 0.3) is 0 Å². The van der Waals surface area contributed by atoms with Crippen molar-refractivity contribution in [1.29, 1.82) is 0 Å². The number of benzene rings is 1. The molecule has 3 nitrogen and oxygen atoms in total. The first-order valence-corrected chi connectivity index (χ1v) is 7.19. The third-order valence-electron chi connectivity index (χ3n) is 4.60. The maximum atomic E-state index is 6.09. The highest BCUT2D eigenvalue weighted by Gasteiger charge is 2.40. The van der Waals surface area contributed by atoms with Gasteiger partial charge in [-0.2, -0.15) is 0 Å². The normalized spacial score (nSPS) is 19.1. The Morgan fingerprint density at radius 1 is 1.21 bits per heavy atom. The molecule has 1 aromatic rings. The number of rotatable bonds is 5. The lowest BCUT2D eigenvalue weighted by Gasteiger charge is -2.49. The van der Waals surface area contributed by atoms with E-state index in [-0.39, 0.29) is 6.04 Å². The van der Waals surface area contributed by atoms with E-state index >= 15 is 0 Å². The van der Waals surface area contributed by atoms with Crippen LogP contribution in [-0.2, 0) is 0 Å². The maximum Gasteiger partial charge on any atom is 0.0412 e. The highest BCUT2D eigenvalue weighted by Crippen LogP contribution is 2.38. The summed E-state index contributed by atoms with van der Waals surface area (Å²) in [5, 5.41) is 0. The maximum absolute atomic E-state index is 6.09. The Morgan fingerprint density at radius 3 is 2.32 bits per heavy atom. The number of likely N-dealkylation sites (N-methyl/N-ethyl adjacent to an activating group) is 2. The molecule has 2 N–H and O–H groups in total. The van der Waals surface area contributed by atoms with Crippen molar-refractivity contribution < 1.29 is 0 Å². The van der Waals surface area contributed by atoms with E-state index in [2.05, 4.69) is 62.1 Å². The van der Waals surface area contributed by atoms with Crippen molar-refractivity contribution in [2.24, 2.45) is 5.73 Å². The molecule has 0 saturated heterocycles. The molecule has 1 aliphatic carbocycles. The van der Waals surface area contributed by atoms with Crippen LogP contribution < -0.4 is 10.6 Å². The minimum Gasteiger partial charge on any atom is -0.372 e. The zero-order valence-electron chi connectivity index (χ0n) is 12.7. The number of anilines is 1. The summed E-state index contributed by atoms with van der Waals surface area (Å²) in [4.78, 5) is 4.76. The highest BCUT2D eigenvalue weighted by molar-refractivity contribution is 5.54. The fourth-order valence-electron chi connectivity index (χ4n) is 3.08. The third-order valence-corrected chi connectivity index (χ3v) is 4.60. The topological polar surface area (TPSA) is 32.5 Å². The summed E-state index contributed by atoms with van der Waals surface area (Å²) in [6.45, 7) is 3.13. The minimum absolute atomic E-state index is 0.0790. The van der Waals surface area contributed by atoms with Gasteiger partial charge in [0, 0.05) is 30.9 Å². The summed E-state index contributed by atoms with van der Waals surface area (Å²) in [5.74, 6) is 0. The van der Waals surface area contributed by atoms with Gasteiger partial charge >= 0.3 is 0 Å². The second-order valence-electron chi connectivity index (χ2n) is 6.18. The molecule has 1 saturated carbocycles. The van der Waals surface area contributed by atoms with Crippen LogP contribution in [0.4, 0.5) is 5.69 Å². The van der Waals surface area contributed by atoms with E-state index in [9.17, 15) is 0 Å². The summed E-state index contributed by atoms with van der Waals surface area (Å²) in [6.07, 6.45) is 3.94. The van der Waals surface area contributed by atoms with E-state index in [4.69, 9.17) is 5.73 Å². The molecule has 1 aliphatic rings. The summed E-state index contributed by atoms with van der Waals surface area (Å²) < 4.78 is 0. The van der Waals surface area contributed by atoms with Crippen LogP contribution in [0.1, 0.15) is 37.8 Å². The fraction of sp³-hybridized carbons (Fsp3) is 0.625. The molecule has 0 heterocycles. The average molecular weight is 261 g/mol. The molecule has 0 aromatic heterocycles. The third kappa shape index (κ3) is 2.77. The predicted molar refractivity (Wildman–Crippen MR) is 82.6 cm³/mol. The SMILES string of the molecule is C[C@@H](N)c1ccccc1N(C)CC1(N(C)C)CCC1. The molecule has 1 atom stereocenters. The molecule has 0 aliphatic heterocycles. The van der Waals surface area contributed by atoms with E-state index < -0.39 is 0 Å². The van der Waals surface area contributed by atoms with E-state index in [0.29, 0.717) is 5.54 Å². The van der Waals surface area contributed by atoms with E-state index in [0.717, 1.165) is 6.54 Å². The Kier molecular flexibility index (Phi) is 4.16. The van der Waals surface area contributed by atoms with Crippen LogP contribution >= 0.6 is 0 Å². The van der Waals surface area contributed by atoms with Crippen LogP contribution in [0.5, 0.6) is 0 Å². The van der Waals surface area contributed by atoms with Crippen LogP contribution in [0.3, 0.4) is 0 Å². The predicted octanol–water partition coefficient (Wildman–Crippen LogP) is 2.63.